The summed E-state index contributed by atoms with van der Waals surface area (Å²) in [5, 5.41) is 3.27. The molecule has 4 nitrogen and oxygen atoms in total. The van der Waals surface area contributed by atoms with E-state index in [1.54, 1.807) is 0 Å². The maximum atomic E-state index is 6.09. The molecule has 1 aromatic carbocycles. The molecule has 1 saturated heterocycles. The van der Waals surface area contributed by atoms with Crippen LogP contribution in [-0.2, 0) is 9.31 Å². The molecular formula is C17H25BN2O2. The molecule has 0 spiro atoms. The van der Waals surface area contributed by atoms with Gasteiger partial charge in [0.2, 0.25) is 0 Å². The third kappa shape index (κ3) is 3.01. The fraction of sp³-hybridized carbons (Fsp3) is 0.529. The highest BCUT2D eigenvalue weighted by Gasteiger charge is 2.51. The van der Waals surface area contributed by atoms with Crippen LogP contribution in [0.25, 0.3) is 0 Å². The van der Waals surface area contributed by atoms with Crippen LogP contribution in [0.5, 0.6) is 0 Å². The first-order chi connectivity index (χ1) is 10.3. The SMILES string of the molecule is CC1(C)OB(c2cccc(N/C=C(\N)C3CC3)c2)OC1(C)C. The predicted molar refractivity (Wildman–Crippen MR) is 90.8 cm³/mol. The van der Waals surface area contributed by atoms with Gasteiger partial charge in [0.15, 0.2) is 0 Å². The summed E-state index contributed by atoms with van der Waals surface area (Å²) in [5.41, 5.74) is 8.31. The lowest BCUT2D eigenvalue weighted by Crippen LogP contribution is -2.41. The van der Waals surface area contributed by atoms with Crippen LogP contribution in [0.3, 0.4) is 0 Å². The number of nitrogens with two attached hydrogens (primary N) is 1. The smallest absolute Gasteiger partial charge is 0.401 e. The van der Waals surface area contributed by atoms with Gasteiger partial charge in [-0.15, -0.1) is 0 Å². The van der Waals surface area contributed by atoms with Crippen molar-refractivity contribution in [3.8, 4) is 0 Å². The van der Waals surface area contributed by atoms with E-state index >= 15 is 0 Å². The summed E-state index contributed by atoms with van der Waals surface area (Å²) in [4.78, 5) is 0. The van der Waals surface area contributed by atoms with Gasteiger partial charge in [0.25, 0.3) is 0 Å². The molecule has 1 aliphatic carbocycles. The first-order valence-electron chi connectivity index (χ1n) is 7.96. The lowest BCUT2D eigenvalue weighted by Gasteiger charge is -2.32. The van der Waals surface area contributed by atoms with Crippen LogP contribution in [0.15, 0.2) is 36.2 Å². The second-order valence-corrected chi connectivity index (χ2v) is 7.28. The van der Waals surface area contributed by atoms with Gasteiger partial charge in [0.1, 0.15) is 0 Å². The van der Waals surface area contributed by atoms with E-state index in [9.17, 15) is 0 Å². The Hall–Kier alpha value is -1.46. The van der Waals surface area contributed by atoms with Crippen LogP contribution in [0.4, 0.5) is 5.69 Å². The van der Waals surface area contributed by atoms with E-state index in [2.05, 4.69) is 39.1 Å². The number of benzene rings is 1. The third-order valence-electron chi connectivity index (χ3n) is 4.87. The summed E-state index contributed by atoms with van der Waals surface area (Å²) < 4.78 is 12.2. The molecule has 5 heteroatoms. The van der Waals surface area contributed by atoms with Crippen molar-refractivity contribution in [3.05, 3.63) is 36.2 Å². The van der Waals surface area contributed by atoms with Crippen molar-refractivity contribution >= 4 is 18.3 Å². The molecule has 3 N–H and O–H groups in total. The Bertz CT molecular complexity index is 578. The van der Waals surface area contributed by atoms with E-state index in [4.69, 9.17) is 15.0 Å². The third-order valence-corrected chi connectivity index (χ3v) is 4.87. The van der Waals surface area contributed by atoms with E-state index in [0.717, 1.165) is 16.8 Å². The van der Waals surface area contributed by atoms with Crippen molar-refractivity contribution in [2.45, 2.75) is 51.7 Å². The Morgan fingerprint density at radius 3 is 2.45 bits per heavy atom. The number of allylic oxidation sites excluding steroid dienone is 1. The maximum absolute atomic E-state index is 6.09. The van der Waals surface area contributed by atoms with E-state index in [1.807, 2.05) is 24.4 Å². The molecular weight excluding hydrogens is 275 g/mol. The Kier molecular flexibility index (Phi) is 3.73. The zero-order chi connectivity index (χ0) is 16.0. The van der Waals surface area contributed by atoms with Crippen LogP contribution >= 0.6 is 0 Å². The van der Waals surface area contributed by atoms with Gasteiger partial charge in [-0.05, 0) is 64.1 Å². The summed E-state index contributed by atoms with van der Waals surface area (Å²) in [6.07, 6.45) is 4.32. The number of hydrogen-bond donors (Lipinski definition) is 2. The largest absolute Gasteiger partial charge is 0.494 e. The molecule has 0 bridgehead atoms. The van der Waals surface area contributed by atoms with Crippen LogP contribution in [0.1, 0.15) is 40.5 Å². The minimum atomic E-state index is -0.337. The van der Waals surface area contributed by atoms with Crippen molar-refractivity contribution in [3.63, 3.8) is 0 Å². The van der Waals surface area contributed by atoms with Gasteiger partial charge >= 0.3 is 7.12 Å². The van der Waals surface area contributed by atoms with Crippen molar-refractivity contribution in [1.82, 2.24) is 0 Å². The zero-order valence-electron chi connectivity index (χ0n) is 13.8. The highest BCUT2D eigenvalue weighted by atomic mass is 16.7. The average Bonchev–Trinajstić information content (AvgIpc) is 3.25. The zero-order valence-corrected chi connectivity index (χ0v) is 13.8. The molecule has 2 aliphatic rings. The van der Waals surface area contributed by atoms with Gasteiger partial charge < -0.3 is 20.4 Å². The molecule has 0 amide bonds. The molecule has 118 valence electrons. The molecule has 3 rings (SSSR count). The predicted octanol–water partition coefficient (Wildman–Crippen LogP) is 2.61. The van der Waals surface area contributed by atoms with Crippen molar-refractivity contribution in [2.24, 2.45) is 11.7 Å². The molecule has 0 unspecified atom stereocenters. The van der Waals surface area contributed by atoms with Gasteiger partial charge in [-0.3, -0.25) is 0 Å². The molecule has 1 aromatic rings. The van der Waals surface area contributed by atoms with Crippen molar-refractivity contribution in [1.29, 1.82) is 0 Å². The Balaban J connectivity index is 1.73. The Morgan fingerprint density at radius 2 is 1.86 bits per heavy atom. The molecule has 2 fully saturated rings. The topological polar surface area (TPSA) is 56.5 Å². The number of hydrogen-bond acceptors (Lipinski definition) is 4. The molecule has 0 aromatic heterocycles. The summed E-state index contributed by atoms with van der Waals surface area (Å²) in [5.74, 6) is 0.568. The molecule has 1 aliphatic heterocycles. The second kappa shape index (κ2) is 5.32. The van der Waals surface area contributed by atoms with Crippen LogP contribution in [-0.4, -0.2) is 18.3 Å². The van der Waals surface area contributed by atoms with Crippen molar-refractivity contribution in [2.75, 3.05) is 5.32 Å². The van der Waals surface area contributed by atoms with Gasteiger partial charge in [0.05, 0.1) is 11.2 Å². The van der Waals surface area contributed by atoms with Gasteiger partial charge in [-0.1, -0.05) is 12.1 Å². The van der Waals surface area contributed by atoms with Crippen molar-refractivity contribution < 1.29 is 9.31 Å². The lowest BCUT2D eigenvalue weighted by molar-refractivity contribution is 0.00578. The normalized spacial score (nSPS) is 23.6. The minimum absolute atomic E-state index is 0.322. The van der Waals surface area contributed by atoms with E-state index < -0.39 is 0 Å². The van der Waals surface area contributed by atoms with Crippen LogP contribution in [0, 0.1) is 5.92 Å². The molecule has 1 saturated carbocycles. The molecule has 0 radical (unpaired) electrons. The highest BCUT2D eigenvalue weighted by molar-refractivity contribution is 6.62. The van der Waals surface area contributed by atoms with Gasteiger partial charge in [-0.2, -0.15) is 0 Å². The fourth-order valence-corrected chi connectivity index (χ4v) is 2.46. The number of nitrogens with one attached hydrogen (secondary N) is 1. The summed E-state index contributed by atoms with van der Waals surface area (Å²) in [7, 11) is -0.337. The fourth-order valence-electron chi connectivity index (χ4n) is 2.46. The van der Waals surface area contributed by atoms with Crippen LogP contribution < -0.4 is 16.5 Å². The number of rotatable bonds is 4. The second-order valence-electron chi connectivity index (χ2n) is 7.28. The van der Waals surface area contributed by atoms with E-state index in [1.165, 1.54) is 12.8 Å². The minimum Gasteiger partial charge on any atom is -0.401 e. The summed E-state index contributed by atoms with van der Waals surface area (Å²) >= 11 is 0. The molecule has 22 heavy (non-hydrogen) atoms. The molecule has 1 heterocycles. The monoisotopic (exact) mass is 300 g/mol. The summed E-state index contributed by atoms with van der Waals surface area (Å²) in [6.45, 7) is 8.25. The molecule has 0 atom stereocenters. The standard InChI is InChI=1S/C17H25BN2O2/c1-16(2)17(3,4)22-18(21-16)13-6-5-7-14(10-13)20-11-15(19)12-8-9-12/h5-7,10-12,20H,8-9,19H2,1-4H3/b15-11-. The van der Waals surface area contributed by atoms with Crippen LogP contribution in [0.2, 0.25) is 0 Å². The maximum Gasteiger partial charge on any atom is 0.494 e. The van der Waals surface area contributed by atoms with Gasteiger partial charge in [-0.25, -0.2) is 0 Å². The van der Waals surface area contributed by atoms with E-state index in [0.29, 0.717) is 5.92 Å². The van der Waals surface area contributed by atoms with Gasteiger partial charge in [0, 0.05) is 17.6 Å². The Labute approximate surface area is 133 Å². The first kappa shape index (κ1) is 15.4. The number of anilines is 1. The Morgan fingerprint density at radius 1 is 1.23 bits per heavy atom. The van der Waals surface area contributed by atoms with E-state index in [-0.39, 0.29) is 18.3 Å². The lowest BCUT2D eigenvalue weighted by atomic mass is 9.79. The highest BCUT2D eigenvalue weighted by Crippen LogP contribution is 2.36. The average molecular weight is 300 g/mol. The summed E-state index contributed by atoms with van der Waals surface area (Å²) in [6, 6.07) is 8.11. The quantitative estimate of drug-likeness (QED) is 0.839. The first-order valence-corrected chi connectivity index (χ1v) is 7.96.